The summed E-state index contributed by atoms with van der Waals surface area (Å²) in [5, 5.41) is 11.6. The predicted octanol–water partition coefficient (Wildman–Crippen LogP) is 4.75. The summed E-state index contributed by atoms with van der Waals surface area (Å²) in [5.74, 6) is 0. The van der Waals surface area contributed by atoms with Crippen LogP contribution in [0.5, 0.6) is 0 Å². The van der Waals surface area contributed by atoms with E-state index < -0.39 is 17.7 Å². The number of carbonyl (C=O) groups excluding carboxylic acids is 1. The second-order valence-electron chi connectivity index (χ2n) is 7.24. The van der Waals surface area contributed by atoms with Crippen molar-refractivity contribution in [3.8, 4) is 0 Å². The lowest BCUT2D eigenvalue weighted by atomic mass is 9.84. The van der Waals surface area contributed by atoms with Crippen LogP contribution < -0.4 is 5.73 Å². The number of carbonyl (C=O) groups is 1. The molecule has 1 aliphatic rings. The number of hydrogen-bond donors (Lipinski definition) is 2. The van der Waals surface area contributed by atoms with Crippen molar-refractivity contribution in [3.05, 3.63) is 83.4 Å². The number of nitrogens with two attached hydrogens (primary N) is 1. The number of primary amides is 1. The Balaban J connectivity index is 1.59. The molecule has 1 heterocycles. The molecule has 7 heteroatoms. The van der Waals surface area contributed by atoms with Gasteiger partial charge in [0.2, 0.25) is 0 Å². The van der Waals surface area contributed by atoms with Crippen molar-refractivity contribution >= 4 is 33.2 Å². The molecule has 30 heavy (non-hydrogen) atoms. The van der Waals surface area contributed by atoms with Gasteiger partial charge in [-0.2, -0.15) is 0 Å². The zero-order chi connectivity index (χ0) is 21.1. The summed E-state index contributed by atoms with van der Waals surface area (Å²) >= 11 is 1.57. The third kappa shape index (κ3) is 4.00. The summed E-state index contributed by atoms with van der Waals surface area (Å²) in [7, 11) is 0. The maximum Gasteiger partial charge on any atom is 0.338 e. The van der Waals surface area contributed by atoms with Gasteiger partial charge in [-0.15, -0.1) is 11.3 Å². The molecule has 154 valence electrons. The highest BCUT2D eigenvalue weighted by atomic mass is 32.1. The number of rotatable bonds is 6. The van der Waals surface area contributed by atoms with Crippen LogP contribution in [0.4, 0.5) is 4.79 Å². The van der Waals surface area contributed by atoms with Gasteiger partial charge in [0, 0.05) is 6.42 Å². The molecule has 0 spiro atoms. The Morgan fingerprint density at radius 2 is 2.00 bits per heavy atom. The second-order valence-corrected chi connectivity index (χ2v) is 8.36. The fraction of sp³-hybridized carbons (Fsp3) is 0.217. The van der Waals surface area contributed by atoms with Crippen molar-refractivity contribution in [3.63, 3.8) is 0 Å². The Morgan fingerprint density at radius 3 is 2.67 bits per heavy atom. The van der Waals surface area contributed by atoms with Crippen LogP contribution in [0.15, 0.2) is 72.8 Å². The molecule has 3 N–H and O–H groups in total. The fourth-order valence-electron chi connectivity index (χ4n) is 3.59. The summed E-state index contributed by atoms with van der Waals surface area (Å²) in [6.45, 7) is 1.98. The van der Waals surface area contributed by atoms with E-state index in [9.17, 15) is 10.0 Å². The molecule has 0 radical (unpaired) electrons. The van der Waals surface area contributed by atoms with Gasteiger partial charge in [-0.3, -0.25) is 5.21 Å². The Bertz CT molecular complexity index is 1080. The standard InChI is InChI=1S/C23H23N3O3S/c1-16(26(28)22(24)27)23(13-11-18(12-14-23)17-7-3-2-4-8-17)29-15-21-25-19-9-5-6-10-20(19)30-21/h2-13,16,28H,14-15H2,1H3,(H2,24,27). The van der Waals surface area contributed by atoms with Gasteiger partial charge in [0.25, 0.3) is 0 Å². The van der Waals surface area contributed by atoms with E-state index >= 15 is 0 Å². The van der Waals surface area contributed by atoms with Crippen molar-refractivity contribution in [2.45, 2.75) is 31.6 Å². The van der Waals surface area contributed by atoms with Gasteiger partial charge in [-0.25, -0.2) is 14.8 Å². The average molecular weight is 422 g/mol. The number of fused-ring (bicyclic) bond motifs is 1. The van der Waals surface area contributed by atoms with Crippen LogP contribution in [0.2, 0.25) is 0 Å². The molecule has 2 amide bonds. The highest BCUT2D eigenvalue weighted by molar-refractivity contribution is 7.18. The van der Waals surface area contributed by atoms with Crippen LogP contribution in [-0.4, -0.2) is 32.9 Å². The molecule has 4 rings (SSSR count). The molecular formula is C23H23N3O3S. The number of para-hydroxylation sites is 1. The number of aromatic nitrogens is 1. The number of hydrogen-bond acceptors (Lipinski definition) is 5. The number of nitrogens with zero attached hydrogens (tertiary/aromatic N) is 2. The minimum Gasteiger partial charge on any atom is -0.361 e. The van der Waals surface area contributed by atoms with E-state index in [4.69, 9.17) is 10.5 Å². The molecule has 6 nitrogen and oxygen atoms in total. The third-order valence-corrected chi connectivity index (χ3v) is 6.41. The van der Waals surface area contributed by atoms with Crippen molar-refractivity contribution in [1.29, 1.82) is 0 Å². The Morgan fingerprint density at radius 1 is 1.27 bits per heavy atom. The Hall–Kier alpha value is -3.00. The number of benzene rings is 2. The molecule has 0 aliphatic heterocycles. The fourth-order valence-corrected chi connectivity index (χ4v) is 4.47. The monoisotopic (exact) mass is 421 g/mol. The first-order valence-electron chi connectivity index (χ1n) is 9.69. The van der Waals surface area contributed by atoms with Gasteiger partial charge in [0.05, 0.1) is 22.9 Å². The molecule has 0 bridgehead atoms. The minimum atomic E-state index is -0.931. The van der Waals surface area contributed by atoms with Crippen LogP contribution in [0.1, 0.15) is 23.9 Å². The molecule has 0 saturated carbocycles. The largest absolute Gasteiger partial charge is 0.361 e. The van der Waals surface area contributed by atoms with E-state index in [1.807, 2.05) is 66.7 Å². The van der Waals surface area contributed by atoms with Crippen LogP contribution >= 0.6 is 11.3 Å². The van der Waals surface area contributed by atoms with Gasteiger partial charge in [-0.1, -0.05) is 54.6 Å². The lowest BCUT2D eigenvalue weighted by molar-refractivity contribution is -0.149. The number of thiazole rings is 1. The number of urea groups is 1. The molecule has 2 atom stereocenters. The lowest BCUT2D eigenvalue weighted by Gasteiger charge is -2.40. The maximum atomic E-state index is 11.6. The van der Waals surface area contributed by atoms with Crippen molar-refractivity contribution in [1.82, 2.24) is 10.0 Å². The van der Waals surface area contributed by atoms with Crippen molar-refractivity contribution in [2.24, 2.45) is 5.73 Å². The molecule has 2 unspecified atom stereocenters. The Labute approximate surface area is 178 Å². The van der Waals surface area contributed by atoms with Crippen molar-refractivity contribution in [2.75, 3.05) is 0 Å². The maximum absolute atomic E-state index is 11.6. The minimum absolute atomic E-state index is 0.259. The summed E-state index contributed by atoms with van der Waals surface area (Å²) in [6, 6.07) is 16.3. The quantitative estimate of drug-likeness (QED) is 0.444. The second kappa shape index (κ2) is 8.39. The molecular weight excluding hydrogens is 398 g/mol. The van der Waals surface area contributed by atoms with Crippen molar-refractivity contribution < 1.29 is 14.7 Å². The SMILES string of the molecule is CC(N(O)C(N)=O)C1(OCc2nc3ccccc3s2)C=CC(c2ccccc2)=CC1. The van der Waals surface area contributed by atoms with Crippen LogP contribution in [0.25, 0.3) is 15.8 Å². The van der Waals surface area contributed by atoms with E-state index in [1.54, 1.807) is 18.3 Å². The van der Waals surface area contributed by atoms with Crippen LogP contribution in [-0.2, 0) is 11.3 Å². The molecule has 2 aromatic carbocycles. The van der Waals surface area contributed by atoms with Gasteiger partial charge < -0.3 is 10.5 Å². The number of hydroxylamine groups is 2. The van der Waals surface area contributed by atoms with E-state index in [0.717, 1.165) is 26.4 Å². The summed E-state index contributed by atoms with van der Waals surface area (Å²) in [4.78, 5) is 16.2. The van der Waals surface area contributed by atoms with Gasteiger partial charge in [0.15, 0.2) is 0 Å². The average Bonchev–Trinajstić information content (AvgIpc) is 3.21. The number of ether oxygens (including phenoxy) is 1. The smallest absolute Gasteiger partial charge is 0.338 e. The van der Waals surface area contributed by atoms with Gasteiger partial charge in [0.1, 0.15) is 10.6 Å². The predicted molar refractivity (Wildman–Crippen MR) is 118 cm³/mol. The summed E-state index contributed by atoms with van der Waals surface area (Å²) in [5.41, 5.74) is 7.46. The topological polar surface area (TPSA) is 88.7 Å². The zero-order valence-corrected chi connectivity index (χ0v) is 17.4. The Kier molecular flexibility index (Phi) is 5.67. The van der Waals surface area contributed by atoms with E-state index in [2.05, 4.69) is 11.1 Å². The van der Waals surface area contributed by atoms with E-state index in [0.29, 0.717) is 11.5 Å². The first kappa shape index (κ1) is 20.3. The summed E-state index contributed by atoms with van der Waals surface area (Å²) < 4.78 is 7.40. The lowest BCUT2D eigenvalue weighted by Crippen LogP contribution is -2.54. The highest BCUT2D eigenvalue weighted by Crippen LogP contribution is 2.35. The molecule has 0 saturated heterocycles. The summed E-state index contributed by atoms with van der Waals surface area (Å²) in [6.07, 6.45) is 6.39. The first-order valence-corrected chi connectivity index (χ1v) is 10.5. The molecule has 1 aromatic heterocycles. The molecule has 0 fully saturated rings. The number of amides is 2. The molecule has 3 aromatic rings. The number of allylic oxidation sites excluding steroid dienone is 2. The zero-order valence-electron chi connectivity index (χ0n) is 16.6. The first-order chi connectivity index (χ1) is 14.5. The van der Waals surface area contributed by atoms with E-state index in [-0.39, 0.29) is 6.61 Å². The third-order valence-electron chi connectivity index (χ3n) is 5.40. The van der Waals surface area contributed by atoms with Gasteiger partial charge in [-0.05, 0) is 36.3 Å². The van der Waals surface area contributed by atoms with Crippen LogP contribution in [0.3, 0.4) is 0 Å². The van der Waals surface area contributed by atoms with Crippen LogP contribution in [0, 0.1) is 0 Å². The molecule has 1 aliphatic carbocycles. The van der Waals surface area contributed by atoms with E-state index in [1.165, 1.54) is 0 Å². The van der Waals surface area contributed by atoms with Gasteiger partial charge >= 0.3 is 6.03 Å². The normalized spacial score (nSPS) is 19.5. The highest BCUT2D eigenvalue weighted by Gasteiger charge is 2.40.